The van der Waals surface area contributed by atoms with E-state index in [1.54, 1.807) is 0 Å². The van der Waals surface area contributed by atoms with Gasteiger partial charge in [0.15, 0.2) is 0 Å². The van der Waals surface area contributed by atoms with E-state index in [0.717, 1.165) is 31.8 Å². The molecule has 2 aliphatic rings. The van der Waals surface area contributed by atoms with Crippen molar-refractivity contribution in [3.05, 3.63) is 0 Å². The van der Waals surface area contributed by atoms with Crippen LogP contribution in [0.2, 0.25) is 0 Å². The zero-order valence-electron chi connectivity index (χ0n) is 10.5. The molecule has 3 heteroatoms. The van der Waals surface area contributed by atoms with Crippen molar-refractivity contribution < 1.29 is 5.11 Å². The van der Waals surface area contributed by atoms with Gasteiger partial charge in [-0.25, -0.2) is 0 Å². The fourth-order valence-electron chi connectivity index (χ4n) is 3.38. The largest absolute Gasteiger partial charge is 0.394 e. The molecule has 1 saturated heterocycles. The molecule has 3 nitrogen and oxygen atoms in total. The Bertz CT molecular complexity index is 216. The summed E-state index contributed by atoms with van der Waals surface area (Å²) in [6.45, 7) is 4.86. The second kappa shape index (κ2) is 5.48. The van der Waals surface area contributed by atoms with Crippen LogP contribution in [0, 0.1) is 5.92 Å². The Labute approximate surface area is 99.0 Å². The molecule has 1 aliphatic carbocycles. The van der Waals surface area contributed by atoms with E-state index in [4.69, 9.17) is 0 Å². The van der Waals surface area contributed by atoms with Gasteiger partial charge < -0.3 is 15.7 Å². The Kier molecular flexibility index (Phi) is 4.22. The Morgan fingerprint density at radius 2 is 2.06 bits per heavy atom. The fourth-order valence-corrected chi connectivity index (χ4v) is 3.38. The van der Waals surface area contributed by atoms with Crippen molar-refractivity contribution in [1.82, 2.24) is 10.6 Å². The average molecular weight is 226 g/mol. The predicted molar refractivity (Wildman–Crippen MR) is 66.5 cm³/mol. The molecule has 0 radical (unpaired) electrons. The van der Waals surface area contributed by atoms with E-state index in [0.29, 0.717) is 12.6 Å². The highest BCUT2D eigenvalue weighted by Gasteiger charge is 2.36. The Morgan fingerprint density at radius 1 is 1.31 bits per heavy atom. The van der Waals surface area contributed by atoms with Crippen LogP contribution in [0.3, 0.4) is 0 Å². The minimum Gasteiger partial charge on any atom is -0.394 e. The smallest absolute Gasteiger partial charge is 0.0613 e. The van der Waals surface area contributed by atoms with Crippen LogP contribution < -0.4 is 10.6 Å². The van der Waals surface area contributed by atoms with Crippen molar-refractivity contribution in [3.8, 4) is 0 Å². The number of aliphatic hydroxyl groups excluding tert-OH is 1. The Balaban J connectivity index is 1.91. The van der Waals surface area contributed by atoms with Crippen LogP contribution in [0.4, 0.5) is 0 Å². The van der Waals surface area contributed by atoms with Gasteiger partial charge in [-0.3, -0.25) is 0 Å². The van der Waals surface area contributed by atoms with Gasteiger partial charge in [0.05, 0.1) is 6.61 Å². The molecular weight excluding hydrogens is 200 g/mol. The summed E-state index contributed by atoms with van der Waals surface area (Å²) in [5, 5.41) is 16.9. The number of nitrogens with one attached hydrogen (secondary N) is 2. The molecule has 2 unspecified atom stereocenters. The van der Waals surface area contributed by atoms with E-state index in [1.807, 2.05) is 0 Å². The maximum Gasteiger partial charge on any atom is 0.0613 e. The normalized spacial score (nSPS) is 37.5. The third-order valence-electron chi connectivity index (χ3n) is 4.24. The lowest BCUT2D eigenvalue weighted by Crippen LogP contribution is -2.57. The summed E-state index contributed by atoms with van der Waals surface area (Å²) in [5.41, 5.74) is 0.0275. The van der Waals surface area contributed by atoms with Gasteiger partial charge in [-0.15, -0.1) is 0 Å². The summed E-state index contributed by atoms with van der Waals surface area (Å²) in [5.74, 6) is 0.759. The van der Waals surface area contributed by atoms with Crippen molar-refractivity contribution in [3.63, 3.8) is 0 Å². The second-order valence-corrected chi connectivity index (χ2v) is 5.81. The predicted octanol–water partition coefficient (Wildman–Crippen LogP) is 1.27. The van der Waals surface area contributed by atoms with Crippen molar-refractivity contribution in [2.75, 3.05) is 19.7 Å². The summed E-state index contributed by atoms with van der Waals surface area (Å²) >= 11 is 0. The van der Waals surface area contributed by atoms with Crippen LogP contribution in [-0.4, -0.2) is 36.4 Å². The molecule has 0 aromatic carbocycles. The summed E-state index contributed by atoms with van der Waals surface area (Å²) in [6.07, 6.45) is 7.30. The molecule has 0 amide bonds. The fraction of sp³-hybridized carbons (Fsp3) is 1.00. The van der Waals surface area contributed by atoms with E-state index >= 15 is 0 Å². The lowest BCUT2D eigenvalue weighted by Gasteiger charge is -2.43. The van der Waals surface area contributed by atoms with Crippen molar-refractivity contribution in [1.29, 1.82) is 0 Å². The molecule has 0 bridgehead atoms. The third-order valence-corrected chi connectivity index (χ3v) is 4.24. The van der Waals surface area contributed by atoms with Gasteiger partial charge in [0.2, 0.25) is 0 Å². The highest BCUT2D eigenvalue weighted by atomic mass is 16.3. The molecule has 0 aromatic heterocycles. The first-order chi connectivity index (χ1) is 7.74. The number of hydrogen-bond donors (Lipinski definition) is 3. The lowest BCUT2D eigenvalue weighted by molar-refractivity contribution is 0.0834. The number of piperidine rings is 1. The van der Waals surface area contributed by atoms with Crippen LogP contribution in [0.25, 0.3) is 0 Å². The Morgan fingerprint density at radius 3 is 2.69 bits per heavy atom. The monoisotopic (exact) mass is 226 g/mol. The van der Waals surface area contributed by atoms with Gasteiger partial charge in [0.1, 0.15) is 0 Å². The zero-order valence-corrected chi connectivity index (χ0v) is 10.5. The van der Waals surface area contributed by atoms with Crippen LogP contribution >= 0.6 is 0 Å². The van der Waals surface area contributed by atoms with E-state index in [9.17, 15) is 5.11 Å². The van der Waals surface area contributed by atoms with Gasteiger partial charge in [0, 0.05) is 11.6 Å². The highest BCUT2D eigenvalue weighted by Crippen LogP contribution is 2.32. The van der Waals surface area contributed by atoms with E-state index in [1.165, 1.54) is 25.7 Å². The quantitative estimate of drug-likeness (QED) is 0.679. The first-order valence-corrected chi connectivity index (χ1v) is 6.83. The average Bonchev–Trinajstić information content (AvgIpc) is 2.30. The third kappa shape index (κ3) is 2.96. The molecular formula is C13H26N2O. The minimum absolute atomic E-state index is 0.0275. The molecule has 94 valence electrons. The van der Waals surface area contributed by atoms with Crippen molar-refractivity contribution in [2.24, 2.45) is 5.92 Å². The number of hydrogen-bond acceptors (Lipinski definition) is 3. The van der Waals surface area contributed by atoms with Gasteiger partial charge >= 0.3 is 0 Å². The van der Waals surface area contributed by atoms with Gasteiger partial charge in [0.25, 0.3) is 0 Å². The standard InChI is InChI=1S/C13H26N2O/c1-11-3-2-6-13(9-11,10-16)15-12-4-7-14-8-5-12/h11-12,14-16H,2-10H2,1H3. The number of rotatable bonds is 3. The van der Waals surface area contributed by atoms with Crippen LogP contribution in [0.5, 0.6) is 0 Å². The maximum absolute atomic E-state index is 9.71. The molecule has 2 rings (SSSR count). The van der Waals surface area contributed by atoms with Gasteiger partial charge in [-0.1, -0.05) is 19.8 Å². The molecule has 1 aliphatic heterocycles. The molecule has 3 N–H and O–H groups in total. The molecule has 16 heavy (non-hydrogen) atoms. The zero-order chi connectivity index (χ0) is 11.4. The molecule has 0 aromatic rings. The minimum atomic E-state index is 0.0275. The molecule has 2 fully saturated rings. The first-order valence-electron chi connectivity index (χ1n) is 6.83. The van der Waals surface area contributed by atoms with Gasteiger partial charge in [-0.05, 0) is 44.7 Å². The second-order valence-electron chi connectivity index (χ2n) is 5.81. The molecule has 2 atom stereocenters. The number of aliphatic hydroxyl groups is 1. The van der Waals surface area contributed by atoms with E-state index in [2.05, 4.69) is 17.6 Å². The van der Waals surface area contributed by atoms with E-state index < -0.39 is 0 Å². The van der Waals surface area contributed by atoms with Crippen molar-refractivity contribution in [2.45, 2.75) is 57.0 Å². The Hall–Kier alpha value is -0.120. The summed E-state index contributed by atoms with van der Waals surface area (Å²) in [6, 6.07) is 0.610. The summed E-state index contributed by atoms with van der Waals surface area (Å²) in [7, 11) is 0. The van der Waals surface area contributed by atoms with Crippen LogP contribution in [0.1, 0.15) is 45.4 Å². The molecule has 1 saturated carbocycles. The lowest BCUT2D eigenvalue weighted by atomic mass is 9.76. The highest BCUT2D eigenvalue weighted by molar-refractivity contribution is 4.95. The van der Waals surface area contributed by atoms with Crippen molar-refractivity contribution >= 4 is 0 Å². The van der Waals surface area contributed by atoms with Crippen LogP contribution in [0.15, 0.2) is 0 Å². The topological polar surface area (TPSA) is 44.3 Å². The molecule has 1 heterocycles. The summed E-state index contributed by atoms with van der Waals surface area (Å²) in [4.78, 5) is 0. The van der Waals surface area contributed by atoms with Gasteiger partial charge in [-0.2, -0.15) is 0 Å². The van der Waals surface area contributed by atoms with Crippen LogP contribution in [-0.2, 0) is 0 Å². The first kappa shape index (κ1) is 12.3. The SMILES string of the molecule is CC1CCCC(CO)(NC2CCNCC2)C1. The van der Waals surface area contributed by atoms with E-state index in [-0.39, 0.29) is 5.54 Å². The maximum atomic E-state index is 9.71. The molecule has 0 spiro atoms. The summed E-state index contributed by atoms with van der Waals surface area (Å²) < 4.78 is 0.